The molecule has 12 heteroatoms. The van der Waals surface area contributed by atoms with Crippen molar-refractivity contribution in [1.82, 2.24) is 19.7 Å². The fraction of sp³-hybridized carbons (Fsp3) is 0.242. The fourth-order valence-corrected chi connectivity index (χ4v) is 4.50. The summed E-state index contributed by atoms with van der Waals surface area (Å²) in [4.78, 5) is 33.9. The molecule has 0 aliphatic heterocycles. The highest BCUT2D eigenvalue weighted by Gasteiger charge is 2.22. The molecule has 0 unspecified atom stereocenters. The number of anilines is 3. The van der Waals surface area contributed by atoms with Crippen LogP contribution in [0.3, 0.4) is 0 Å². The number of pyridine rings is 2. The fourth-order valence-electron chi connectivity index (χ4n) is 4.50. The van der Waals surface area contributed by atoms with Crippen molar-refractivity contribution in [2.75, 3.05) is 36.8 Å². The van der Waals surface area contributed by atoms with E-state index in [1.165, 1.54) is 7.11 Å². The summed E-state index contributed by atoms with van der Waals surface area (Å²) in [5.41, 5.74) is 3.29. The van der Waals surface area contributed by atoms with E-state index in [1.54, 1.807) is 54.5 Å². The summed E-state index contributed by atoms with van der Waals surface area (Å²) in [6, 6.07) is 19.6. The number of ether oxygens (including phenoxy) is 3. The Bertz CT molecular complexity index is 1810. The minimum Gasteiger partial charge on any atom is -0.497 e. The first-order valence-corrected chi connectivity index (χ1v) is 14.2. The second kappa shape index (κ2) is 13.4. The molecule has 232 valence electrons. The highest BCUT2D eigenvalue weighted by molar-refractivity contribution is 6.06. The Morgan fingerprint density at radius 3 is 2.42 bits per heavy atom. The maximum absolute atomic E-state index is 13.3. The van der Waals surface area contributed by atoms with Gasteiger partial charge in [0.25, 0.3) is 5.91 Å². The molecule has 0 fully saturated rings. The van der Waals surface area contributed by atoms with Crippen molar-refractivity contribution in [3.05, 3.63) is 90.4 Å². The molecule has 3 N–H and O–H groups in total. The summed E-state index contributed by atoms with van der Waals surface area (Å²) in [7, 11) is 3.06. The predicted octanol–water partition coefficient (Wildman–Crippen LogP) is 5.93. The van der Waals surface area contributed by atoms with E-state index in [0.717, 1.165) is 22.7 Å². The molecule has 2 aromatic carbocycles. The van der Waals surface area contributed by atoms with Gasteiger partial charge < -0.3 is 24.8 Å². The smallest absolute Gasteiger partial charge is 0.324 e. The molecule has 0 spiro atoms. The summed E-state index contributed by atoms with van der Waals surface area (Å²) in [5.74, 6) is 1.87. The monoisotopic (exact) mass is 609 g/mol. The molecule has 3 heterocycles. The number of hydrogen-bond donors (Lipinski definition) is 3. The minimum atomic E-state index is -0.441. The van der Waals surface area contributed by atoms with Crippen molar-refractivity contribution in [3.63, 3.8) is 0 Å². The normalized spacial score (nSPS) is 11.2. The van der Waals surface area contributed by atoms with Gasteiger partial charge in [0, 0.05) is 36.4 Å². The second-order valence-corrected chi connectivity index (χ2v) is 11.2. The molecule has 5 aromatic rings. The van der Waals surface area contributed by atoms with E-state index in [-0.39, 0.29) is 24.5 Å². The lowest BCUT2D eigenvalue weighted by atomic mass is 9.92. The van der Waals surface area contributed by atoms with Crippen LogP contribution in [-0.4, -0.2) is 52.5 Å². The largest absolute Gasteiger partial charge is 0.497 e. The third-order valence-electron chi connectivity index (χ3n) is 6.78. The summed E-state index contributed by atoms with van der Waals surface area (Å²) >= 11 is 0. The van der Waals surface area contributed by atoms with Crippen LogP contribution in [0.5, 0.6) is 11.5 Å². The maximum atomic E-state index is 13.3. The number of benzene rings is 2. The Hall–Kier alpha value is -5.49. The van der Waals surface area contributed by atoms with Crippen molar-refractivity contribution in [2.24, 2.45) is 0 Å². The van der Waals surface area contributed by atoms with E-state index in [1.807, 2.05) is 36.4 Å². The van der Waals surface area contributed by atoms with Crippen LogP contribution < -0.4 is 25.4 Å². The zero-order chi connectivity index (χ0) is 32.0. The number of hydrogen-bond acceptors (Lipinski definition) is 8. The molecule has 12 nitrogen and oxygen atoms in total. The molecule has 0 aliphatic carbocycles. The number of carbonyl (C=O) groups is 2. The minimum absolute atomic E-state index is 0.0667. The highest BCUT2D eigenvalue weighted by atomic mass is 16.5. The summed E-state index contributed by atoms with van der Waals surface area (Å²) in [5, 5.41) is 14.1. The van der Waals surface area contributed by atoms with E-state index in [0.29, 0.717) is 34.0 Å². The number of carbonyl (C=O) groups excluding carboxylic acids is 2. The Kier molecular flexibility index (Phi) is 9.24. The first-order chi connectivity index (χ1) is 21.6. The Labute approximate surface area is 260 Å². The van der Waals surface area contributed by atoms with Gasteiger partial charge in [0.2, 0.25) is 0 Å². The zero-order valence-corrected chi connectivity index (χ0v) is 25.7. The lowest BCUT2D eigenvalue weighted by molar-refractivity contribution is -0.119. The maximum Gasteiger partial charge on any atom is 0.324 e. The Morgan fingerprint density at radius 2 is 1.69 bits per heavy atom. The average molecular weight is 610 g/mol. The topological polar surface area (TPSA) is 142 Å². The summed E-state index contributed by atoms with van der Waals surface area (Å²) < 4.78 is 17.9. The molecule has 0 aliphatic rings. The summed E-state index contributed by atoms with van der Waals surface area (Å²) in [6.07, 6.45) is 3.25. The van der Waals surface area contributed by atoms with E-state index in [4.69, 9.17) is 19.3 Å². The molecule has 45 heavy (non-hydrogen) atoms. The van der Waals surface area contributed by atoms with Gasteiger partial charge in [0.05, 0.1) is 24.2 Å². The van der Waals surface area contributed by atoms with Gasteiger partial charge in [-0.25, -0.2) is 14.5 Å². The summed E-state index contributed by atoms with van der Waals surface area (Å²) in [6.45, 7) is 6.33. The van der Waals surface area contributed by atoms with Crippen LogP contribution in [-0.2, 0) is 21.6 Å². The highest BCUT2D eigenvalue weighted by Crippen LogP contribution is 2.31. The van der Waals surface area contributed by atoms with E-state index >= 15 is 0 Å². The van der Waals surface area contributed by atoms with Crippen molar-refractivity contribution in [3.8, 4) is 17.2 Å². The SMILES string of the molecule is COCC(=O)Nc1cc(COc2ccc(NC(=O)Nc3cc(C(C)(C)C)nn3-c3ccc(OC)cc3)c3cccnc23)ccn1. The van der Waals surface area contributed by atoms with Crippen molar-refractivity contribution in [1.29, 1.82) is 0 Å². The number of fused-ring (bicyclic) bond motifs is 1. The quantitative estimate of drug-likeness (QED) is 0.177. The van der Waals surface area contributed by atoms with E-state index in [2.05, 4.69) is 46.7 Å². The van der Waals surface area contributed by atoms with Crippen molar-refractivity contribution >= 4 is 40.2 Å². The van der Waals surface area contributed by atoms with Crippen LogP contribution in [0.4, 0.5) is 22.1 Å². The first-order valence-electron chi connectivity index (χ1n) is 14.2. The molecule has 5 rings (SSSR count). The second-order valence-electron chi connectivity index (χ2n) is 11.2. The number of urea groups is 1. The van der Waals surface area contributed by atoms with Gasteiger partial charge in [-0.05, 0) is 66.2 Å². The van der Waals surface area contributed by atoms with Crippen LogP contribution in [0.2, 0.25) is 0 Å². The molecule has 0 atom stereocenters. The molecule has 0 bridgehead atoms. The van der Waals surface area contributed by atoms with Crippen LogP contribution in [0.15, 0.2) is 79.1 Å². The third kappa shape index (κ3) is 7.54. The molecule has 0 saturated carbocycles. The third-order valence-corrected chi connectivity index (χ3v) is 6.78. The van der Waals surface area contributed by atoms with Gasteiger partial charge in [-0.15, -0.1) is 0 Å². The number of nitrogens with zero attached hydrogens (tertiary/aromatic N) is 4. The zero-order valence-electron chi connectivity index (χ0n) is 25.7. The Morgan fingerprint density at radius 1 is 0.889 bits per heavy atom. The van der Waals surface area contributed by atoms with Crippen LogP contribution >= 0.6 is 0 Å². The first kappa shape index (κ1) is 31.0. The number of rotatable bonds is 10. The molecule has 0 radical (unpaired) electrons. The number of methoxy groups -OCH3 is 2. The van der Waals surface area contributed by atoms with Gasteiger partial charge in [0.15, 0.2) is 0 Å². The molecule has 3 amide bonds. The van der Waals surface area contributed by atoms with Gasteiger partial charge in [-0.3, -0.25) is 15.1 Å². The number of nitrogens with one attached hydrogen (secondary N) is 3. The van der Waals surface area contributed by atoms with Gasteiger partial charge in [-0.2, -0.15) is 5.10 Å². The van der Waals surface area contributed by atoms with Crippen molar-refractivity contribution < 1.29 is 23.8 Å². The molecule has 3 aromatic heterocycles. The van der Waals surface area contributed by atoms with Crippen molar-refractivity contribution in [2.45, 2.75) is 32.8 Å². The average Bonchev–Trinajstić information content (AvgIpc) is 3.45. The van der Waals surface area contributed by atoms with E-state index < -0.39 is 6.03 Å². The van der Waals surface area contributed by atoms with Crippen LogP contribution in [0, 0.1) is 0 Å². The Balaban J connectivity index is 1.34. The van der Waals surface area contributed by atoms with Crippen LogP contribution in [0.25, 0.3) is 16.6 Å². The molecular formula is C33H35N7O5. The number of amides is 3. The molecular weight excluding hydrogens is 574 g/mol. The number of aromatic nitrogens is 4. The molecule has 0 saturated heterocycles. The van der Waals surface area contributed by atoms with Gasteiger partial charge >= 0.3 is 6.03 Å². The lowest BCUT2D eigenvalue weighted by Crippen LogP contribution is -2.21. The van der Waals surface area contributed by atoms with Gasteiger partial charge in [-0.1, -0.05) is 20.8 Å². The lowest BCUT2D eigenvalue weighted by Gasteiger charge is -2.14. The predicted molar refractivity (Wildman–Crippen MR) is 172 cm³/mol. The standard InChI is InChI=1S/C33H35N7O5/c1-33(2,3)27-18-29(40(39-27)22-8-10-23(44-5)11-9-22)38-32(42)36-25-12-13-26(31-24(25)7-6-15-35-31)45-19-21-14-16-34-28(17-21)37-30(41)20-43-4/h6-18H,19-20H2,1-5H3,(H,34,37,41)(H2,36,38,42). The van der Waals surface area contributed by atoms with Gasteiger partial charge in [0.1, 0.15) is 41.9 Å². The van der Waals surface area contributed by atoms with Crippen LogP contribution in [0.1, 0.15) is 32.0 Å². The van der Waals surface area contributed by atoms with E-state index in [9.17, 15) is 9.59 Å².